The fourth-order valence-corrected chi connectivity index (χ4v) is 2.95. The number of hydrogen-bond acceptors (Lipinski definition) is 5. The molecule has 3 rings (SSSR count). The number of ether oxygens (including phenoxy) is 1. The van der Waals surface area contributed by atoms with Gasteiger partial charge in [-0.1, -0.05) is 12.1 Å². The van der Waals surface area contributed by atoms with E-state index < -0.39 is 0 Å². The molecule has 7 nitrogen and oxygen atoms in total. The monoisotopic (exact) mass is 382 g/mol. The number of carbonyl (C=O) groups excluding carboxylic acids is 2. The van der Waals surface area contributed by atoms with Gasteiger partial charge in [0.05, 0.1) is 24.6 Å². The van der Waals surface area contributed by atoms with E-state index in [1.165, 1.54) is 12.3 Å². The van der Waals surface area contributed by atoms with Gasteiger partial charge >= 0.3 is 0 Å². The first kappa shape index (κ1) is 19.8. The molecule has 0 aliphatic carbocycles. The number of pyridine rings is 1. The first-order valence-corrected chi connectivity index (χ1v) is 9.35. The Balaban J connectivity index is 1.77. The lowest BCUT2D eigenvalue weighted by Crippen LogP contribution is -2.40. The number of morpholine rings is 1. The van der Waals surface area contributed by atoms with Crippen LogP contribution >= 0.6 is 0 Å². The molecule has 28 heavy (non-hydrogen) atoms. The molecule has 7 heteroatoms. The molecule has 0 saturated carbocycles. The zero-order valence-corrected chi connectivity index (χ0v) is 16.5. The zero-order chi connectivity index (χ0) is 20.1. The Morgan fingerprint density at radius 2 is 1.79 bits per heavy atom. The van der Waals surface area contributed by atoms with Crippen molar-refractivity contribution in [2.45, 2.75) is 26.3 Å². The lowest BCUT2D eigenvalue weighted by Gasteiger charge is -2.30. The third-order valence-corrected chi connectivity index (χ3v) is 4.25. The summed E-state index contributed by atoms with van der Waals surface area (Å²) in [7, 11) is 0. The first-order valence-electron chi connectivity index (χ1n) is 9.35. The van der Waals surface area contributed by atoms with Gasteiger partial charge < -0.3 is 20.3 Å². The van der Waals surface area contributed by atoms with Crippen LogP contribution in [0.4, 0.5) is 11.4 Å². The number of nitrogens with zero attached hydrogens (tertiary/aromatic N) is 2. The van der Waals surface area contributed by atoms with Crippen molar-refractivity contribution < 1.29 is 14.3 Å². The molecule has 0 radical (unpaired) electrons. The van der Waals surface area contributed by atoms with Crippen molar-refractivity contribution in [3.8, 4) is 0 Å². The number of hydrogen-bond donors (Lipinski definition) is 2. The van der Waals surface area contributed by atoms with Crippen LogP contribution in [0.15, 0.2) is 42.6 Å². The molecule has 0 unspecified atom stereocenters. The molecular weight excluding hydrogens is 356 g/mol. The molecule has 2 aromatic rings. The minimum absolute atomic E-state index is 0.193. The second-order valence-corrected chi connectivity index (χ2v) is 7.70. The second-order valence-electron chi connectivity index (χ2n) is 7.70. The second kappa shape index (κ2) is 8.39. The van der Waals surface area contributed by atoms with E-state index in [1.807, 2.05) is 45.0 Å². The highest BCUT2D eigenvalue weighted by Crippen LogP contribution is 2.26. The Morgan fingerprint density at radius 1 is 1.07 bits per heavy atom. The van der Waals surface area contributed by atoms with Gasteiger partial charge in [-0.15, -0.1) is 0 Å². The Morgan fingerprint density at radius 3 is 2.50 bits per heavy atom. The smallest absolute Gasteiger partial charge is 0.274 e. The fourth-order valence-electron chi connectivity index (χ4n) is 2.95. The molecule has 1 aliphatic rings. The van der Waals surface area contributed by atoms with Crippen LogP contribution < -0.4 is 15.5 Å². The topological polar surface area (TPSA) is 83.6 Å². The number of para-hydroxylation sites is 2. The van der Waals surface area contributed by atoms with Crippen LogP contribution in [0.5, 0.6) is 0 Å². The SMILES string of the molecule is CC(C)(C)NC(=O)c1ccnc(C(=O)Nc2ccccc2N2CCOCC2)c1. The van der Waals surface area contributed by atoms with Crippen molar-refractivity contribution in [2.75, 3.05) is 36.5 Å². The Hall–Kier alpha value is -2.93. The lowest BCUT2D eigenvalue weighted by molar-refractivity contribution is 0.0919. The van der Waals surface area contributed by atoms with Crippen molar-refractivity contribution in [1.29, 1.82) is 0 Å². The van der Waals surface area contributed by atoms with Crippen LogP contribution in [0.3, 0.4) is 0 Å². The molecule has 0 bridgehead atoms. The molecule has 2 amide bonds. The third-order valence-electron chi connectivity index (χ3n) is 4.25. The van der Waals surface area contributed by atoms with Crippen molar-refractivity contribution in [3.05, 3.63) is 53.9 Å². The molecule has 1 saturated heterocycles. The first-order chi connectivity index (χ1) is 13.3. The van der Waals surface area contributed by atoms with E-state index in [9.17, 15) is 9.59 Å². The van der Waals surface area contributed by atoms with Gasteiger partial charge in [0.2, 0.25) is 0 Å². The molecule has 0 atom stereocenters. The van der Waals surface area contributed by atoms with E-state index >= 15 is 0 Å². The molecule has 2 N–H and O–H groups in total. The summed E-state index contributed by atoms with van der Waals surface area (Å²) in [5, 5.41) is 5.81. The maximum atomic E-state index is 12.8. The maximum Gasteiger partial charge on any atom is 0.274 e. The summed E-state index contributed by atoms with van der Waals surface area (Å²) in [5.41, 5.74) is 1.89. The van der Waals surface area contributed by atoms with Gasteiger partial charge in [-0.25, -0.2) is 0 Å². The van der Waals surface area contributed by atoms with E-state index in [4.69, 9.17) is 4.74 Å². The van der Waals surface area contributed by atoms with Crippen molar-refractivity contribution in [2.24, 2.45) is 0 Å². The average Bonchev–Trinajstić information content (AvgIpc) is 2.68. The number of aromatic nitrogens is 1. The van der Waals surface area contributed by atoms with E-state index in [-0.39, 0.29) is 23.0 Å². The zero-order valence-electron chi connectivity index (χ0n) is 16.5. The fraction of sp³-hybridized carbons (Fsp3) is 0.381. The summed E-state index contributed by atoms with van der Waals surface area (Å²) in [6.45, 7) is 8.58. The van der Waals surface area contributed by atoms with Crippen LogP contribution in [0, 0.1) is 0 Å². The summed E-state index contributed by atoms with van der Waals surface area (Å²) >= 11 is 0. The Kier molecular flexibility index (Phi) is 5.94. The van der Waals surface area contributed by atoms with Crippen molar-refractivity contribution >= 4 is 23.2 Å². The standard InChI is InChI=1S/C21H26N4O3/c1-21(2,3)24-19(26)15-8-9-22-17(14-15)20(27)23-16-6-4-5-7-18(16)25-10-12-28-13-11-25/h4-9,14H,10-13H2,1-3H3,(H,23,27)(H,24,26). The maximum absolute atomic E-state index is 12.8. The molecule has 1 fully saturated rings. The number of rotatable bonds is 4. The van der Waals surface area contributed by atoms with Gasteiger partial charge in [0.1, 0.15) is 5.69 Å². The number of carbonyl (C=O) groups is 2. The number of anilines is 2. The van der Waals surface area contributed by atoms with Gasteiger partial charge in [0.25, 0.3) is 11.8 Å². The van der Waals surface area contributed by atoms with Gasteiger partial charge in [-0.05, 0) is 45.0 Å². The molecule has 1 aromatic heterocycles. The van der Waals surface area contributed by atoms with Crippen LogP contribution in [-0.4, -0.2) is 48.6 Å². The summed E-state index contributed by atoms with van der Waals surface area (Å²) < 4.78 is 5.40. The predicted molar refractivity (Wildman–Crippen MR) is 109 cm³/mol. The number of nitrogens with one attached hydrogen (secondary N) is 2. The number of amides is 2. The van der Waals surface area contributed by atoms with Crippen molar-refractivity contribution in [3.63, 3.8) is 0 Å². The minimum atomic E-state index is -0.361. The molecule has 0 spiro atoms. The van der Waals surface area contributed by atoms with E-state index in [2.05, 4.69) is 20.5 Å². The van der Waals surface area contributed by atoms with Crippen molar-refractivity contribution in [1.82, 2.24) is 10.3 Å². The summed E-state index contributed by atoms with van der Waals surface area (Å²) in [6.07, 6.45) is 1.47. The molecule has 1 aliphatic heterocycles. The molecular formula is C21H26N4O3. The van der Waals surface area contributed by atoms with Gasteiger partial charge in [0.15, 0.2) is 0 Å². The molecule has 1 aromatic carbocycles. The quantitative estimate of drug-likeness (QED) is 0.849. The van der Waals surface area contributed by atoms with Gasteiger partial charge in [0, 0.05) is 30.4 Å². The van der Waals surface area contributed by atoms with Crippen LogP contribution in [0.1, 0.15) is 41.6 Å². The van der Waals surface area contributed by atoms with Crippen LogP contribution in [0.25, 0.3) is 0 Å². The highest BCUT2D eigenvalue weighted by molar-refractivity contribution is 6.06. The van der Waals surface area contributed by atoms with Crippen LogP contribution in [-0.2, 0) is 4.74 Å². The largest absolute Gasteiger partial charge is 0.378 e. The summed E-state index contributed by atoms with van der Waals surface area (Å²) in [4.78, 5) is 31.4. The Bertz CT molecular complexity index is 855. The van der Waals surface area contributed by atoms with Gasteiger partial charge in [-0.2, -0.15) is 0 Å². The predicted octanol–water partition coefficient (Wildman–Crippen LogP) is 2.70. The summed E-state index contributed by atoms with van der Waals surface area (Å²) in [5.74, 6) is -0.594. The summed E-state index contributed by atoms with van der Waals surface area (Å²) in [6, 6.07) is 10.8. The van der Waals surface area contributed by atoms with Gasteiger partial charge in [-0.3, -0.25) is 14.6 Å². The van der Waals surface area contributed by atoms with Crippen LogP contribution in [0.2, 0.25) is 0 Å². The minimum Gasteiger partial charge on any atom is -0.378 e. The molecule has 148 valence electrons. The van der Waals surface area contributed by atoms with E-state index in [1.54, 1.807) is 6.07 Å². The highest BCUT2D eigenvalue weighted by Gasteiger charge is 2.19. The van der Waals surface area contributed by atoms with E-state index in [0.717, 1.165) is 18.8 Å². The van der Waals surface area contributed by atoms with E-state index in [0.29, 0.717) is 24.5 Å². The lowest BCUT2D eigenvalue weighted by atomic mass is 10.1. The third kappa shape index (κ3) is 5.07. The normalized spacial score (nSPS) is 14.5. The average molecular weight is 382 g/mol. The highest BCUT2D eigenvalue weighted by atomic mass is 16.5. The number of benzene rings is 1. The Labute approximate surface area is 165 Å². The molecule has 2 heterocycles.